The van der Waals surface area contributed by atoms with Crippen molar-refractivity contribution >= 4 is 28.9 Å². The highest BCUT2D eigenvalue weighted by Gasteiger charge is 2.18. The van der Waals surface area contributed by atoms with Gasteiger partial charge in [0.25, 0.3) is 6.43 Å². The van der Waals surface area contributed by atoms with E-state index < -0.39 is 23.6 Å². The first kappa shape index (κ1) is 10.4. The van der Waals surface area contributed by atoms with Crippen LogP contribution in [0, 0.1) is 9.52 Å². The third kappa shape index (κ3) is 2.17. The molecule has 0 aromatic carbocycles. The van der Waals surface area contributed by atoms with Crippen LogP contribution in [-0.2, 0) is 0 Å². The van der Waals surface area contributed by atoms with Crippen molar-refractivity contribution in [2.75, 3.05) is 0 Å². The summed E-state index contributed by atoms with van der Waals surface area (Å²) in [6.07, 6.45) is -2.70. The van der Waals surface area contributed by atoms with Crippen LogP contribution in [0.1, 0.15) is 22.5 Å². The van der Waals surface area contributed by atoms with E-state index in [9.17, 15) is 18.0 Å². The van der Waals surface area contributed by atoms with Gasteiger partial charge in [-0.1, -0.05) is 0 Å². The Labute approximate surface area is 85.3 Å². The second-order valence-corrected chi connectivity index (χ2v) is 3.31. The number of rotatable bonds is 2. The number of aromatic nitrogens is 1. The van der Waals surface area contributed by atoms with Crippen LogP contribution in [0.5, 0.6) is 0 Å². The molecule has 0 atom stereocenters. The van der Waals surface area contributed by atoms with Crippen LogP contribution in [0.4, 0.5) is 13.2 Å². The third-order valence-electron chi connectivity index (χ3n) is 1.34. The number of nitrogens with zero attached hydrogens (tertiary/aromatic N) is 1. The minimum atomic E-state index is -2.82. The number of hydrogen-bond acceptors (Lipinski definition) is 2. The van der Waals surface area contributed by atoms with E-state index in [0.717, 1.165) is 6.07 Å². The molecular weight excluding hydrogens is 298 g/mol. The molecule has 13 heavy (non-hydrogen) atoms. The van der Waals surface area contributed by atoms with Gasteiger partial charge in [-0.25, -0.2) is 13.8 Å². The van der Waals surface area contributed by atoms with Crippen LogP contribution < -0.4 is 0 Å². The lowest BCUT2D eigenvalue weighted by molar-refractivity contribution is 0.110. The number of pyridine rings is 1. The molecule has 0 aliphatic rings. The first-order chi connectivity index (χ1) is 6.06. The fourth-order valence-corrected chi connectivity index (χ4v) is 1.59. The van der Waals surface area contributed by atoms with Gasteiger partial charge in [0, 0.05) is 9.64 Å². The van der Waals surface area contributed by atoms with Crippen LogP contribution in [-0.4, -0.2) is 11.3 Å². The second-order valence-electron chi connectivity index (χ2n) is 2.14. The predicted octanol–water partition coefficient (Wildman–Crippen LogP) is 2.58. The van der Waals surface area contributed by atoms with Gasteiger partial charge in [-0.15, -0.1) is 0 Å². The van der Waals surface area contributed by atoms with Gasteiger partial charge in [-0.2, -0.15) is 4.39 Å². The van der Waals surface area contributed by atoms with Crippen LogP contribution in [0.2, 0.25) is 0 Å². The lowest BCUT2D eigenvalue weighted by atomic mass is 10.2. The number of carbonyl (C=O) groups is 1. The van der Waals surface area contributed by atoms with Crippen LogP contribution in [0.25, 0.3) is 0 Å². The highest BCUT2D eigenvalue weighted by Crippen LogP contribution is 2.26. The molecule has 0 aliphatic heterocycles. The number of halogens is 4. The zero-order valence-corrected chi connectivity index (χ0v) is 8.26. The molecule has 0 fully saturated rings. The Morgan fingerprint density at radius 1 is 1.54 bits per heavy atom. The van der Waals surface area contributed by atoms with Gasteiger partial charge in [0.2, 0.25) is 5.95 Å². The number of alkyl halides is 2. The summed E-state index contributed by atoms with van der Waals surface area (Å²) >= 11 is 1.53. The lowest BCUT2D eigenvalue weighted by Gasteiger charge is -2.04. The topological polar surface area (TPSA) is 30.0 Å². The van der Waals surface area contributed by atoms with Gasteiger partial charge in [-0.05, 0) is 22.6 Å². The molecule has 2 nitrogen and oxygen atoms in total. The fraction of sp³-hybridized carbons (Fsp3) is 0.143. The Morgan fingerprint density at radius 2 is 2.15 bits per heavy atom. The monoisotopic (exact) mass is 301 g/mol. The van der Waals surface area contributed by atoms with Crippen molar-refractivity contribution in [3.63, 3.8) is 0 Å². The lowest BCUT2D eigenvalue weighted by Crippen LogP contribution is -2.02. The summed E-state index contributed by atoms with van der Waals surface area (Å²) in [4.78, 5) is 13.3. The van der Waals surface area contributed by atoms with E-state index in [4.69, 9.17) is 0 Å². The Hall–Kier alpha value is -0.660. The number of carbonyl (C=O) groups excluding carboxylic acids is 1. The van der Waals surface area contributed by atoms with E-state index in [2.05, 4.69) is 4.98 Å². The van der Waals surface area contributed by atoms with E-state index in [1.54, 1.807) is 0 Å². The van der Waals surface area contributed by atoms with Crippen molar-refractivity contribution < 1.29 is 18.0 Å². The Balaban J connectivity index is 3.38. The van der Waals surface area contributed by atoms with Crippen molar-refractivity contribution in [1.29, 1.82) is 0 Å². The minimum Gasteiger partial charge on any atom is -0.296 e. The molecule has 1 rings (SSSR count). The molecule has 70 valence electrons. The fourth-order valence-electron chi connectivity index (χ4n) is 0.818. The molecule has 0 N–H and O–H groups in total. The molecule has 0 aliphatic carbocycles. The van der Waals surface area contributed by atoms with Crippen LogP contribution >= 0.6 is 22.6 Å². The average Bonchev–Trinajstić information content (AvgIpc) is 2.01. The SMILES string of the molecule is O=Cc1nc(F)cc(I)c1C(F)F. The molecular formula is C7H3F3INO. The Kier molecular flexibility index (Phi) is 3.23. The molecule has 0 amide bonds. The molecule has 0 spiro atoms. The molecule has 0 saturated heterocycles. The quantitative estimate of drug-likeness (QED) is 0.477. The van der Waals surface area contributed by atoms with Crippen molar-refractivity contribution in [2.24, 2.45) is 0 Å². The van der Waals surface area contributed by atoms with Gasteiger partial charge >= 0.3 is 0 Å². The number of hydrogen-bond donors (Lipinski definition) is 0. The van der Waals surface area contributed by atoms with Gasteiger partial charge < -0.3 is 0 Å². The van der Waals surface area contributed by atoms with Gasteiger partial charge in [-0.3, -0.25) is 4.79 Å². The van der Waals surface area contributed by atoms with Gasteiger partial charge in [0.05, 0.1) is 5.56 Å². The van der Waals surface area contributed by atoms with E-state index in [1.165, 1.54) is 22.6 Å². The summed E-state index contributed by atoms with van der Waals surface area (Å²) in [6, 6.07) is 0.856. The summed E-state index contributed by atoms with van der Waals surface area (Å²) in [5.74, 6) is -0.934. The van der Waals surface area contributed by atoms with Gasteiger partial charge in [0.1, 0.15) is 5.69 Å². The maximum absolute atomic E-state index is 12.5. The summed E-state index contributed by atoms with van der Waals surface area (Å²) in [5.41, 5.74) is -1.06. The highest BCUT2D eigenvalue weighted by molar-refractivity contribution is 14.1. The van der Waals surface area contributed by atoms with E-state index >= 15 is 0 Å². The van der Waals surface area contributed by atoms with Crippen molar-refractivity contribution in [1.82, 2.24) is 4.98 Å². The zero-order valence-electron chi connectivity index (χ0n) is 6.10. The summed E-state index contributed by atoms with van der Waals surface area (Å²) in [6.45, 7) is 0. The van der Waals surface area contributed by atoms with E-state index in [1.807, 2.05) is 0 Å². The van der Waals surface area contributed by atoms with E-state index in [-0.39, 0.29) is 9.86 Å². The van der Waals surface area contributed by atoms with E-state index in [0.29, 0.717) is 0 Å². The first-order valence-electron chi connectivity index (χ1n) is 3.15. The maximum atomic E-state index is 12.5. The normalized spacial score (nSPS) is 10.5. The van der Waals surface area contributed by atoms with Crippen molar-refractivity contribution in [2.45, 2.75) is 6.43 Å². The van der Waals surface area contributed by atoms with Crippen LogP contribution in [0.3, 0.4) is 0 Å². The molecule has 0 bridgehead atoms. The van der Waals surface area contributed by atoms with Gasteiger partial charge in [0.15, 0.2) is 6.29 Å². The molecule has 6 heteroatoms. The Morgan fingerprint density at radius 3 is 2.62 bits per heavy atom. The summed E-state index contributed by atoms with van der Waals surface area (Å²) in [5, 5.41) is 0. The second kappa shape index (κ2) is 4.03. The predicted molar refractivity (Wildman–Crippen MR) is 47.3 cm³/mol. The first-order valence-corrected chi connectivity index (χ1v) is 4.23. The molecule has 1 aromatic heterocycles. The molecule has 1 aromatic rings. The maximum Gasteiger partial charge on any atom is 0.267 e. The average molecular weight is 301 g/mol. The standard InChI is InChI=1S/C7H3F3INO/c8-5-1-3(11)6(7(9)10)4(2-13)12-5/h1-2,7H. The zero-order chi connectivity index (χ0) is 10.0. The van der Waals surface area contributed by atoms with Crippen molar-refractivity contribution in [3.8, 4) is 0 Å². The minimum absolute atomic E-state index is 0.00204. The largest absolute Gasteiger partial charge is 0.296 e. The molecule has 0 unspecified atom stereocenters. The smallest absolute Gasteiger partial charge is 0.267 e. The molecule has 1 heterocycles. The summed E-state index contributed by atoms with van der Waals surface area (Å²) < 4.78 is 37.1. The number of aldehydes is 1. The third-order valence-corrected chi connectivity index (χ3v) is 2.23. The molecule has 0 radical (unpaired) electrons. The van der Waals surface area contributed by atoms with Crippen molar-refractivity contribution in [3.05, 3.63) is 26.8 Å². The highest BCUT2D eigenvalue weighted by atomic mass is 127. The molecule has 0 saturated carbocycles. The van der Waals surface area contributed by atoms with Crippen LogP contribution in [0.15, 0.2) is 6.07 Å². The Bertz CT molecular complexity index is 343. The summed E-state index contributed by atoms with van der Waals surface area (Å²) in [7, 11) is 0.